The van der Waals surface area contributed by atoms with Gasteiger partial charge in [0.25, 0.3) is 5.88 Å². The van der Waals surface area contributed by atoms with E-state index < -0.39 is 5.82 Å². The summed E-state index contributed by atoms with van der Waals surface area (Å²) in [6, 6.07) is 8.17. The molecule has 0 spiro atoms. The zero-order valence-corrected chi connectivity index (χ0v) is 13.1. The molecule has 1 atom stereocenters. The molecule has 1 saturated heterocycles. The number of benzene rings is 1. The molecule has 2 heterocycles. The third kappa shape index (κ3) is 4.03. The lowest BCUT2D eigenvalue weighted by molar-refractivity contribution is 0.0277. The fraction of sp³-hybridized carbons (Fsp3) is 0.412. The van der Waals surface area contributed by atoms with Crippen LogP contribution in [0.25, 0.3) is 0 Å². The molecule has 1 aromatic carbocycles. The summed E-state index contributed by atoms with van der Waals surface area (Å²) in [5.74, 6) is 0.0156. The van der Waals surface area contributed by atoms with Gasteiger partial charge in [-0.25, -0.2) is 4.98 Å². The maximum Gasteiger partial charge on any atom is 0.253 e. The van der Waals surface area contributed by atoms with E-state index in [4.69, 9.17) is 9.47 Å². The van der Waals surface area contributed by atoms with Gasteiger partial charge in [-0.1, -0.05) is 24.3 Å². The Morgan fingerprint density at radius 2 is 2.17 bits per heavy atom. The number of hydrogen-bond donors (Lipinski definition) is 1. The van der Waals surface area contributed by atoms with Gasteiger partial charge in [0, 0.05) is 19.5 Å². The number of morpholine rings is 1. The molecule has 0 amide bonds. The number of hydrogen-bond acceptors (Lipinski definition) is 5. The topological polar surface area (TPSA) is 56.3 Å². The van der Waals surface area contributed by atoms with Crippen LogP contribution in [0.2, 0.25) is 0 Å². The van der Waals surface area contributed by atoms with E-state index in [1.807, 2.05) is 12.1 Å². The number of halogens is 1. The zero-order valence-electron chi connectivity index (χ0n) is 13.1. The van der Waals surface area contributed by atoms with Crippen LogP contribution in [-0.2, 0) is 11.2 Å². The summed E-state index contributed by atoms with van der Waals surface area (Å²) in [5.41, 5.74) is 2.21. The van der Waals surface area contributed by atoms with Gasteiger partial charge >= 0.3 is 0 Å². The molecule has 122 valence electrons. The Kier molecular flexibility index (Phi) is 5.15. The van der Waals surface area contributed by atoms with Gasteiger partial charge in [-0.15, -0.1) is 0 Å². The van der Waals surface area contributed by atoms with Crippen molar-refractivity contribution in [2.45, 2.75) is 19.4 Å². The van der Waals surface area contributed by atoms with E-state index in [2.05, 4.69) is 27.4 Å². The predicted molar refractivity (Wildman–Crippen MR) is 84.0 cm³/mol. The lowest BCUT2D eigenvalue weighted by atomic mass is 10.0. The van der Waals surface area contributed by atoms with Gasteiger partial charge in [0.15, 0.2) is 0 Å². The molecular formula is C17H20FN3O2. The van der Waals surface area contributed by atoms with Crippen molar-refractivity contribution in [1.29, 1.82) is 0 Å². The highest BCUT2D eigenvalue weighted by molar-refractivity contribution is 5.27. The SMILES string of the molecule is CCOc1nc(Cc2ccc([C@@H]3CNCCO3)cc2)ncc1F. The van der Waals surface area contributed by atoms with E-state index in [1.54, 1.807) is 6.92 Å². The first-order valence-electron chi connectivity index (χ1n) is 7.81. The average molecular weight is 317 g/mol. The largest absolute Gasteiger partial charge is 0.476 e. The van der Waals surface area contributed by atoms with Crippen LogP contribution in [0.1, 0.15) is 30.0 Å². The highest BCUT2D eigenvalue weighted by atomic mass is 19.1. The fourth-order valence-electron chi connectivity index (χ4n) is 2.52. The third-order valence-corrected chi connectivity index (χ3v) is 3.68. The minimum absolute atomic E-state index is 0.0100. The van der Waals surface area contributed by atoms with Gasteiger partial charge in [-0.05, 0) is 18.1 Å². The first-order chi connectivity index (χ1) is 11.3. The number of nitrogens with zero attached hydrogens (tertiary/aromatic N) is 2. The average Bonchev–Trinajstić information content (AvgIpc) is 2.60. The molecule has 0 unspecified atom stereocenters. The van der Waals surface area contributed by atoms with Crippen molar-refractivity contribution in [3.8, 4) is 5.88 Å². The molecule has 3 rings (SSSR count). The Morgan fingerprint density at radius 1 is 1.35 bits per heavy atom. The second-order valence-corrected chi connectivity index (χ2v) is 5.35. The Hall–Kier alpha value is -2.05. The molecule has 1 N–H and O–H groups in total. The van der Waals surface area contributed by atoms with Crippen molar-refractivity contribution in [2.24, 2.45) is 0 Å². The summed E-state index contributed by atoms with van der Waals surface area (Å²) in [6.45, 7) is 4.63. The van der Waals surface area contributed by atoms with Crippen LogP contribution in [0.5, 0.6) is 5.88 Å². The number of rotatable bonds is 5. The molecule has 23 heavy (non-hydrogen) atoms. The molecule has 1 aliphatic rings. The smallest absolute Gasteiger partial charge is 0.253 e. The lowest BCUT2D eigenvalue weighted by Crippen LogP contribution is -2.33. The maximum absolute atomic E-state index is 13.5. The minimum Gasteiger partial charge on any atom is -0.476 e. The van der Waals surface area contributed by atoms with Gasteiger partial charge in [0.05, 0.1) is 25.5 Å². The number of aromatic nitrogens is 2. The quantitative estimate of drug-likeness (QED) is 0.917. The second kappa shape index (κ2) is 7.48. The predicted octanol–water partition coefficient (Wildman–Crippen LogP) is 2.27. The van der Waals surface area contributed by atoms with E-state index >= 15 is 0 Å². The van der Waals surface area contributed by atoms with E-state index in [9.17, 15) is 4.39 Å². The Bertz CT molecular complexity index is 643. The van der Waals surface area contributed by atoms with Crippen LogP contribution in [0.4, 0.5) is 4.39 Å². The summed E-state index contributed by atoms with van der Waals surface area (Å²) >= 11 is 0. The summed E-state index contributed by atoms with van der Waals surface area (Å²) in [6.07, 6.45) is 1.79. The van der Waals surface area contributed by atoms with Crippen LogP contribution in [0.3, 0.4) is 0 Å². The van der Waals surface area contributed by atoms with Crippen LogP contribution < -0.4 is 10.1 Å². The summed E-state index contributed by atoms with van der Waals surface area (Å²) in [4.78, 5) is 8.15. The molecular weight excluding hydrogens is 297 g/mol. The Labute approximate surface area is 134 Å². The molecule has 0 saturated carbocycles. The van der Waals surface area contributed by atoms with Crippen LogP contribution in [0.15, 0.2) is 30.5 Å². The lowest BCUT2D eigenvalue weighted by Gasteiger charge is -2.24. The number of ether oxygens (including phenoxy) is 2. The van der Waals surface area contributed by atoms with Crippen LogP contribution in [0, 0.1) is 5.82 Å². The molecule has 1 aromatic heterocycles. The normalized spacial score (nSPS) is 17.9. The van der Waals surface area contributed by atoms with E-state index in [-0.39, 0.29) is 12.0 Å². The van der Waals surface area contributed by atoms with Gasteiger partial charge < -0.3 is 14.8 Å². The Balaban J connectivity index is 1.69. The standard InChI is InChI=1S/C17H20FN3O2/c1-2-22-17-14(18)10-20-16(21-17)9-12-3-5-13(6-4-12)15-11-19-7-8-23-15/h3-6,10,15,19H,2,7-9,11H2,1H3/t15-/m0/s1. The maximum atomic E-state index is 13.5. The van der Waals surface area contributed by atoms with Crippen molar-refractivity contribution in [2.75, 3.05) is 26.3 Å². The summed E-state index contributed by atoms with van der Waals surface area (Å²) < 4.78 is 24.4. The molecule has 0 aliphatic carbocycles. The van der Waals surface area contributed by atoms with E-state index in [0.717, 1.165) is 37.0 Å². The van der Waals surface area contributed by atoms with Crippen molar-refractivity contribution < 1.29 is 13.9 Å². The van der Waals surface area contributed by atoms with Gasteiger partial charge in [0.2, 0.25) is 5.82 Å². The third-order valence-electron chi connectivity index (χ3n) is 3.68. The van der Waals surface area contributed by atoms with Gasteiger partial charge in [-0.2, -0.15) is 9.37 Å². The fourth-order valence-corrected chi connectivity index (χ4v) is 2.52. The van der Waals surface area contributed by atoms with E-state index in [0.29, 0.717) is 18.9 Å². The van der Waals surface area contributed by atoms with Gasteiger partial charge in [0.1, 0.15) is 5.82 Å². The monoisotopic (exact) mass is 317 g/mol. The molecule has 6 heteroatoms. The van der Waals surface area contributed by atoms with Crippen molar-refractivity contribution in [1.82, 2.24) is 15.3 Å². The molecule has 1 aliphatic heterocycles. The zero-order chi connectivity index (χ0) is 16.1. The minimum atomic E-state index is -0.534. The summed E-state index contributed by atoms with van der Waals surface area (Å²) in [7, 11) is 0. The van der Waals surface area contributed by atoms with Crippen LogP contribution >= 0.6 is 0 Å². The molecule has 0 bridgehead atoms. The van der Waals surface area contributed by atoms with Gasteiger partial charge in [-0.3, -0.25) is 0 Å². The van der Waals surface area contributed by atoms with Crippen molar-refractivity contribution >= 4 is 0 Å². The van der Waals surface area contributed by atoms with Crippen molar-refractivity contribution in [3.05, 3.63) is 53.2 Å². The molecule has 5 nitrogen and oxygen atoms in total. The Morgan fingerprint density at radius 3 is 2.87 bits per heavy atom. The van der Waals surface area contributed by atoms with E-state index in [1.165, 1.54) is 0 Å². The second-order valence-electron chi connectivity index (χ2n) is 5.35. The summed E-state index contributed by atoms with van der Waals surface area (Å²) in [5, 5.41) is 3.32. The molecule has 0 radical (unpaired) electrons. The first kappa shape index (κ1) is 15.8. The van der Waals surface area contributed by atoms with Crippen molar-refractivity contribution in [3.63, 3.8) is 0 Å². The number of nitrogens with one attached hydrogen (secondary N) is 1. The first-order valence-corrected chi connectivity index (χ1v) is 7.81. The van der Waals surface area contributed by atoms with Crippen LogP contribution in [-0.4, -0.2) is 36.3 Å². The highest BCUT2D eigenvalue weighted by Gasteiger charge is 2.15. The molecule has 2 aromatic rings. The highest BCUT2D eigenvalue weighted by Crippen LogP contribution is 2.20. The molecule has 1 fully saturated rings.